The molecule has 2 rings (SSSR count). The van der Waals surface area contributed by atoms with E-state index in [1.54, 1.807) is 35.1 Å². The number of nitrogens with one attached hydrogen (secondary N) is 1. The minimum absolute atomic E-state index is 0.108. The van der Waals surface area contributed by atoms with E-state index in [9.17, 15) is 4.79 Å². The van der Waals surface area contributed by atoms with Crippen LogP contribution in [0.15, 0.2) is 34.9 Å². The molecule has 0 unspecified atom stereocenters. The van der Waals surface area contributed by atoms with Gasteiger partial charge in [0.2, 0.25) is 5.91 Å². The number of carbonyl (C=O) groups is 1. The van der Waals surface area contributed by atoms with Gasteiger partial charge in [0.15, 0.2) is 0 Å². The molecule has 1 amide bonds. The molecule has 1 aromatic heterocycles. The molecule has 1 aromatic carbocycles. The predicted molar refractivity (Wildman–Crippen MR) is 74.5 cm³/mol. The van der Waals surface area contributed by atoms with Crippen molar-refractivity contribution >= 4 is 27.5 Å². The lowest BCUT2D eigenvalue weighted by Gasteiger charge is -2.08. The average molecular weight is 319 g/mol. The molecule has 0 spiro atoms. The van der Waals surface area contributed by atoms with Crippen LogP contribution in [-0.4, -0.2) is 15.7 Å². The fourth-order valence-corrected chi connectivity index (χ4v) is 1.89. The van der Waals surface area contributed by atoms with Crippen LogP contribution < -0.4 is 5.32 Å². The summed E-state index contributed by atoms with van der Waals surface area (Å²) in [5.41, 5.74) is 1.83. The van der Waals surface area contributed by atoms with Gasteiger partial charge in [0, 0.05) is 0 Å². The normalized spacial score (nSPS) is 9.95. The molecule has 1 heterocycles. The van der Waals surface area contributed by atoms with Crippen molar-refractivity contribution in [3.63, 3.8) is 0 Å². The Bertz CT molecular complexity index is 657. The fourth-order valence-electron chi connectivity index (χ4n) is 1.60. The van der Waals surface area contributed by atoms with Crippen LogP contribution in [0.25, 0.3) is 0 Å². The minimum Gasteiger partial charge on any atom is -0.323 e. The Morgan fingerprint density at radius 3 is 2.89 bits per heavy atom. The number of halogens is 1. The largest absolute Gasteiger partial charge is 0.323 e. The Balaban J connectivity index is 2.10. The molecule has 19 heavy (non-hydrogen) atoms. The van der Waals surface area contributed by atoms with Crippen LogP contribution in [0.2, 0.25) is 0 Å². The van der Waals surface area contributed by atoms with E-state index < -0.39 is 0 Å². The van der Waals surface area contributed by atoms with Crippen LogP contribution in [0.5, 0.6) is 0 Å². The van der Waals surface area contributed by atoms with E-state index in [1.807, 2.05) is 13.0 Å². The van der Waals surface area contributed by atoms with Crippen LogP contribution in [-0.2, 0) is 11.3 Å². The number of benzene rings is 1. The number of nitrogens with zero attached hydrogens (tertiary/aromatic N) is 3. The average Bonchev–Trinajstić information content (AvgIpc) is 2.71. The van der Waals surface area contributed by atoms with Gasteiger partial charge in [-0.25, -0.2) is 0 Å². The van der Waals surface area contributed by atoms with Crippen molar-refractivity contribution in [2.24, 2.45) is 0 Å². The molecule has 0 saturated carbocycles. The van der Waals surface area contributed by atoms with Crippen molar-refractivity contribution in [2.45, 2.75) is 13.5 Å². The third-order valence-electron chi connectivity index (χ3n) is 2.66. The molecular formula is C13H11BrN4O. The first-order valence-electron chi connectivity index (χ1n) is 5.58. The van der Waals surface area contributed by atoms with Crippen LogP contribution in [0.4, 0.5) is 5.69 Å². The lowest BCUT2D eigenvalue weighted by atomic mass is 10.2. The van der Waals surface area contributed by atoms with E-state index in [1.165, 1.54) is 0 Å². The second-order valence-electron chi connectivity index (χ2n) is 3.94. The third kappa shape index (κ3) is 3.01. The first kappa shape index (κ1) is 13.3. The number of aromatic nitrogens is 2. The number of para-hydroxylation sites is 1. The molecular weight excluding hydrogens is 308 g/mol. The standard InChI is InChI=1S/C13H11BrN4O/c1-9-11(14)7-16-18(9)8-13(19)17-12-5-3-2-4-10(12)6-15/h2-5,7H,8H2,1H3,(H,17,19). The van der Waals surface area contributed by atoms with Gasteiger partial charge >= 0.3 is 0 Å². The Kier molecular flexibility index (Phi) is 3.97. The van der Waals surface area contributed by atoms with Gasteiger partial charge in [-0.05, 0) is 35.0 Å². The number of hydrogen-bond acceptors (Lipinski definition) is 3. The third-order valence-corrected chi connectivity index (χ3v) is 3.44. The second kappa shape index (κ2) is 5.67. The summed E-state index contributed by atoms with van der Waals surface area (Å²) in [6.45, 7) is 1.98. The van der Waals surface area contributed by atoms with Crippen molar-refractivity contribution in [1.82, 2.24) is 9.78 Å². The highest BCUT2D eigenvalue weighted by Crippen LogP contribution is 2.16. The summed E-state index contributed by atoms with van der Waals surface area (Å²) in [6.07, 6.45) is 1.64. The molecule has 6 heteroatoms. The minimum atomic E-state index is -0.221. The summed E-state index contributed by atoms with van der Waals surface area (Å²) in [4.78, 5) is 11.9. The van der Waals surface area contributed by atoms with Crippen molar-refractivity contribution in [3.05, 3.63) is 46.2 Å². The highest BCUT2D eigenvalue weighted by Gasteiger charge is 2.10. The first-order chi connectivity index (χ1) is 9.11. The number of carbonyl (C=O) groups excluding carboxylic acids is 1. The Hall–Kier alpha value is -2.13. The Morgan fingerprint density at radius 2 is 2.26 bits per heavy atom. The van der Waals surface area contributed by atoms with E-state index in [4.69, 9.17) is 5.26 Å². The van der Waals surface area contributed by atoms with Gasteiger partial charge in [0.05, 0.1) is 27.6 Å². The van der Waals surface area contributed by atoms with Crippen molar-refractivity contribution in [2.75, 3.05) is 5.32 Å². The maximum absolute atomic E-state index is 11.9. The molecule has 1 N–H and O–H groups in total. The zero-order chi connectivity index (χ0) is 13.8. The Labute approximate surface area is 119 Å². The van der Waals surface area contributed by atoms with Crippen molar-refractivity contribution in [3.8, 4) is 6.07 Å². The molecule has 0 bridgehead atoms. The molecule has 0 atom stereocenters. The van der Waals surface area contributed by atoms with Crippen LogP contribution in [0, 0.1) is 18.3 Å². The smallest absolute Gasteiger partial charge is 0.246 e. The van der Waals surface area contributed by atoms with E-state index in [0.717, 1.165) is 10.2 Å². The molecule has 0 saturated heterocycles. The van der Waals surface area contributed by atoms with Gasteiger partial charge < -0.3 is 5.32 Å². The topological polar surface area (TPSA) is 70.7 Å². The SMILES string of the molecule is Cc1c(Br)cnn1CC(=O)Nc1ccccc1C#N. The van der Waals surface area contributed by atoms with Crippen molar-refractivity contribution in [1.29, 1.82) is 5.26 Å². The monoisotopic (exact) mass is 318 g/mol. The maximum atomic E-state index is 11.9. The Morgan fingerprint density at radius 1 is 1.53 bits per heavy atom. The quantitative estimate of drug-likeness (QED) is 0.945. The number of amides is 1. The second-order valence-corrected chi connectivity index (χ2v) is 4.80. The zero-order valence-corrected chi connectivity index (χ0v) is 11.8. The van der Waals surface area contributed by atoms with E-state index >= 15 is 0 Å². The molecule has 0 fully saturated rings. The van der Waals surface area contributed by atoms with E-state index in [0.29, 0.717) is 11.3 Å². The zero-order valence-electron chi connectivity index (χ0n) is 10.2. The maximum Gasteiger partial charge on any atom is 0.246 e. The van der Waals surface area contributed by atoms with Gasteiger partial charge in [-0.15, -0.1) is 0 Å². The number of anilines is 1. The highest BCUT2D eigenvalue weighted by atomic mass is 79.9. The van der Waals surface area contributed by atoms with Crippen LogP contribution >= 0.6 is 15.9 Å². The van der Waals surface area contributed by atoms with Gasteiger partial charge in [0.25, 0.3) is 0 Å². The van der Waals surface area contributed by atoms with Crippen molar-refractivity contribution < 1.29 is 4.79 Å². The summed E-state index contributed by atoms with van der Waals surface area (Å²) in [5, 5.41) is 15.7. The van der Waals surface area contributed by atoms with Crippen LogP contribution in [0.3, 0.4) is 0 Å². The fraction of sp³-hybridized carbons (Fsp3) is 0.154. The molecule has 0 aliphatic heterocycles. The summed E-state index contributed by atoms with van der Waals surface area (Å²) in [7, 11) is 0. The van der Waals surface area contributed by atoms with Gasteiger partial charge in [0.1, 0.15) is 12.6 Å². The lowest BCUT2D eigenvalue weighted by Crippen LogP contribution is -2.20. The number of hydrogen-bond donors (Lipinski definition) is 1. The molecule has 0 radical (unpaired) electrons. The first-order valence-corrected chi connectivity index (χ1v) is 6.38. The molecule has 96 valence electrons. The highest BCUT2D eigenvalue weighted by molar-refractivity contribution is 9.10. The summed E-state index contributed by atoms with van der Waals surface area (Å²) >= 11 is 3.34. The number of rotatable bonds is 3. The van der Waals surface area contributed by atoms with Gasteiger partial charge in [-0.2, -0.15) is 10.4 Å². The van der Waals surface area contributed by atoms with E-state index in [-0.39, 0.29) is 12.5 Å². The lowest BCUT2D eigenvalue weighted by molar-refractivity contribution is -0.116. The predicted octanol–water partition coefficient (Wildman–Crippen LogP) is 2.46. The number of nitriles is 1. The molecule has 5 nitrogen and oxygen atoms in total. The van der Waals surface area contributed by atoms with E-state index in [2.05, 4.69) is 26.3 Å². The molecule has 2 aromatic rings. The van der Waals surface area contributed by atoms with Crippen LogP contribution in [0.1, 0.15) is 11.3 Å². The summed E-state index contributed by atoms with van der Waals surface area (Å²) in [6, 6.07) is 8.91. The van der Waals surface area contributed by atoms with Gasteiger partial charge in [-0.3, -0.25) is 9.48 Å². The summed E-state index contributed by atoms with van der Waals surface area (Å²) < 4.78 is 2.45. The van der Waals surface area contributed by atoms with Gasteiger partial charge in [-0.1, -0.05) is 12.1 Å². The summed E-state index contributed by atoms with van der Waals surface area (Å²) in [5.74, 6) is -0.221. The molecule has 0 aliphatic rings. The molecule has 0 aliphatic carbocycles.